The van der Waals surface area contributed by atoms with Crippen molar-refractivity contribution in [1.82, 2.24) is 10.2 Å². The van der Waals surface area contributed by atoms with Crippen LogP contribution in [0.15, 0.2) is 36.0 Å². The van der Waals surface area contributed by atoms with E-state index < -0.39 is 0 Å². The van der Waals surface area contributed by atoms with Gasteiger partial charge in [-0.1, -0.05) is 118 Å². The van der Waals surface area contributed by atoms with Gasteiger partial charge in [0.1, 0.15) is 0 Å². The molecule has 4 heteroatoms. The molecule has 0 saturated heterocycles. The molecule has 0 heterocycles. The summed E-state index contributed by atoms with van der Waals surface area (Å²) in [4.78, 5) is 2.21. The highest BCUT2D eigenvalue weighted by atomic mass is 31.0. The van der Waals surface area contributed by atoms with Gasteiger partial charge in [-0.05, 0) is 146 Å². The van der Waals surface area contributed by atoms with Crippen molar-refractivity contribution < 1.29 is 0 Å². The predicted octanol–water partition coefficient (Wildman–Crippen LogP) is 13.7. The Hall–Kier alpha value is -0.0000000000000000208. The maximum Gasteiger partial charge on any atom is -0.00249 e. The number of rotatable bonds is 22. The van der Waals surface area contributed by atoms with Gasteiger partial charge in [-0.3, -0.25) is 0 Å². The molecule has 0 amide bonds. The largest absolute Gasteiger partial charge is 0.317 e. The van der Waals surface area contributed by atoms with Gasteiger partial charge in [0.15, 0.2) is 0 Å². The minimum Gasteiger partial charge on any atom is -0.317 e. The molecule has 0 bridgehead atoms. The van der Waals surface area contributed by atoms with Crippen molar-refractivity contribution in [1.29, 1.82) is 0 Å². The van der Waals surface area contributed by atoms with Gasteiger partial charge >= 0.3 is 0 Å². The normalized spacial score (nSPS) is 16.0. The standard InChI is InChI=1S/C31H63NP2.C6H15N.C3H6.C2H6/c1-11-29(8,25-27(5)17-21-31(10,34)13-3)19-15-23-32-22-14-18-28(6,7)24-26(4)16-20-30(9,33)12-2;1-4-5-6-7(2)3;1-3-2;1-2/h16-17,32H,11-15,18-25,33-34H2,1-10H3;4-6H2,1-3H3;3H,1H2,2H3;1-2H3/b26-16+,27-17+;;;. The number of nitrogens with one attached hydrogen (secondary N) is 1. The lowest BCUT2D eigenvalue weighted by Crippen LogP contribution is -2.23. The zero-order valence-corrected chi connectivity index (χ0v) is 37.2. The van der Waals surface area contributed by atoms with E-state index in [9.17, 15) is 0 Å². The Bertz CT molecular complexity index is 749. The van der Waals surface area contributed by atoms with Gasteiger partial charge in [0.05, 0.1) is 0 Å². The molecular formula is C42H90N2P2. The lowest BCUT2D eigenvalue weighted by Gasteiger charge is -2.30. The summed E-state index contributed by atoms with van der Waals surface area (Å²) in [6.45, 7) is 38.6. The summed E-state index contributed by atoms with van der Waals surface area (Å²) >= 11 is 0. The summed E-state index contributed by atoms with van der Waals surface area (Å²) in [5.41, 5.74) is 3.95. The monoisotopic (exact) mass is 685 g/mol. The van der Waals surface area contributed by atoms with E-state index in [-0.39, 0.29) is 0 Å². The van der Waals surface area contributed by atoms with Crippen LogP contribution < -0.4 is 5.32 Å². The Labute approximate surface area is 299 Å². The van der Waals surface area contributed by atoms with Crippen LogP contribution in [-0.4, -0.2) is 48.9 Å². The Kier molecular flexibility index (Phi) is 35.6. The summed E-state index contributed by atoms with van der Waals surface area (Å²) in [7, 11) is 10.3. The Morgan fingerprint density at radius 3 is 1.48 bits per heavy atom. The van der Waals surface area contributed by atoms with Crippen molar-refractivity contribution in [3.05, 3.63) is 36.0 Å². The van der Waals surface area contributed by atoms with E-state index in [1.807, 2.05) is 20.8 Å². The first-order chi connectivity index (χ1) is 21.3. The van der Waals surface area contributed by atoms with Crippen LogP contribution in [0.5, 0.6) is 0 Å². The molecule has 46 heavy (non-hydrogen) atoms. The van der Waals surface area contributed by atoms with E-state index in [2.05, 4.69) is 138 Å². The molecule has 278 valence electrons. The predicted molar refractivity (Wildman–Crippen MR) is 227 cm³/mol. The molecule has 0 radical (unpaired) electrons. The molecule has 0 aliphatic heterocycles. The smallest absolute Gasteiger partial charge is 0.00249 e. The van der Waals surface area contributed by atoms with E-state index in [0.29, 0.717) is 21.1 Å². The maximum absolute atomic E-state index is 3.73. The Morgan fingerprint density at radius 2 is 1.13 bits per heavy atom. The second-order valence-electron chi connectivity index (χ2n) is 15.7. The van der Waals surface area contributed by atoms with Gasteiger partial charge in [-0.15, -0.1) is 25.1 Å². The quantitative estimate of drug-likeness (QED) is 0.0694. The van der Waals surface area contributed by atoms with E-state index >= 15 is 0 Å². The van der Waals surface area contributed by atoms with E-state index in [0.717, 1.165) is 13.1 Å². The molecule has 0 aliphatic carbocycles. The van der Waals surface area contributed by atoms with Crippen LogP contribution in [0.2, 0.25) is 0 Å². The van der Waals surface area contributed by atoms with Gasteiger partial charge < -0.3 is 10.2 Å². The Balaban J connectivity index is -0.000000624. The van der Waals surface area contributed by atoms with Gasteiger partial charge in [0.25, 0.3) is 0 Å². The summed E-state index contributed by atoms with van der Waals surface area (Å²) in [6.07, 6.45) is 23.0. The van der Waals surface area contributed by atoms with Crippen molar-refractivity contribution >= 4 is 18.5 Å². The number of unbranched alkanes of at least 4 members (excludes halogenated alkanes) is 1. The summed E-state index contributed by atoms with van der Waals surface area (Å²) in [5, 5.41) is 4.43. The first-order valence-corrected chi connectivity index (χ1v) is 20.2. The van der Waals surface area contributed by atoms with Crippen LogP contribution in [-0.2, 0) is 0 Å². The molecule has 0 aromatic rings. The highest BCUT2D eigenvalue weighted by molar-refractivity contribution is 7.19. The zero-order valence-electron chi connectivity index (χ0n) is 34.9. The summed E-state index contributed by atoms with van der Waals surface area (Å²) in [6, 6.07) is 0. The minimum absolute atomic E-state index is 0.350. The average Bonchev–Trinajstić information content (AvgIpc) is 2.99. The minimum atomic E-state index is 0.350. The molecule has 0 fully saturated rings. The molecule has 0 aromatic heterocycles. The fourth-order valence-electron chi connectivity index (χ4n) is 5.09. The van der Waals surface area contributed by atoms with Crippen molar-refractivity contribution in [3.63, 3.8) is 0 Å². The second kappa shape index (κ2) is 31.0. The van der Waals surface area contributed by atoms with Crippen molar-refractivity contribution in [2.24, 2.45) is 10.8 Å². The summed E-state index contributed by atoms with van der Waals surface area (Å²) < 4.78 is 0. The third-order valence-corrected chi connectivity index (χ3v) is 10.4. The fourth-order valence-corrected chi connectivity index (χ4v) is 5.32. The number of nitrogens with zero attached hydrogens (tertiary/aromatic N) is 1. The van der Waals surface area contributed by atoms with Crippen molar-refractivity contribution in [2.75, 3.05) is 33.7 Å². The maximum atomic E-state index is 3.73. The van der Waals surface area contributed by atoms with Crippen LogP contribution in [0.1, 0.15) is 180 Å². The van der Waals surface area contributed by atoms with E-state index in [1.165, 1.54) is 90.0 Å². The molecule has 0 aromatic carbocycles. The third-order valence-electron chi connectivity index (χ3n) is 9.07. The molecule has 0 spiro atoms. The van der Waals surface area contributed by atoms with E-state index in [1.54, 1.807) is 17.2 Å². The van der Waals surface area contributed by atoms with Gasteiger partial charge in [0, 0.05) is 0 Å². The topological polar surface area (TPSA) is 15.3 Å². The molecule has 5 atom stereocenters. The SMILES string of the molecule is C=CC.CC.CCC(C)(P)C/C=C(\C)CC(C)(C)CCCNCCCC(C)(CC)C/C(C)=C/CC(C)(P)CC.CCCCN(C)C. The van der Waals surface area contributed by atoms with Crippen LogP contribution >= 0.6 is 18.5 Å². The van der Waals surface area contributed by atoms with Crippen LogP contribution in [0.25, 0.3) is 0 Å². The van der Waals surface area contributed by atoms with Crippen LogP contribution in [0.3, 0.4) is 0 Å². The van der Waals surface area contributed by atoms with Gasteiger partial charge in [0.2, 0.25) is 0 Å². The van der Waals surface area contributed by atoms with E-state index in [4.69, 9.17) is 0 Å². The molecule has 0 saturated carbocycles. The molecule has 5 unspecified atom stereocenters. The van der Waals surface area contributed by atoms with Gasteiger partial charge in [-0.25, -0.2) is 0 Å². The molecule has 2 nitrogen and oxygen atoms in total. The highest BCUT2D eigenvalue weighted by Gasteiger charge is 2.23. The lowest BCUT2D eigenvalue weighted by atomic mass is 9.77. The molecule has 0 rings (SSSR count). The first kappa shape index (κ1) is 52.8. The lowest BCUT2D eigenvalue weighted by molar-refractivity contribution is 0.271. The third kappa shape index (κ3) is 36.8. The molecule has 1 N–H and O–H groups in total. The number of hydrogen-bond acceptors (Lipinski definition) is 2. The highest BCUT2D eigenvalue weighted by Crippen LogP contribution is 2.36. The molecular weight excluding hydrogens is 594 g/mol. The first-order valence-electron chi connectivity index (χ1n) is 19.1. The van der Waals surface area contributed by atoms with Crippen molar-refractivity contribution in [2.45, 2.75) is 191 Å². The number of allylic oxidation sites excluding steroid dienone is 5. The average molecular weight is 685 g/mol. The zero-order chi connectivity index (χ0) is 36.9. The Morgan fingerprint density at radius 1 is 0.717 bits per heavy atom. The number of hydrogen-bond donors (Lipinski definition) is 1. The molecule has 0 aliphatic rings. The van der Waals surface area contributed by atoms with Crippen LogP contribution in [0, 0.1) is 10.8 Å². The summed E-state index contributed by atoms with van der Waals surface area (Å²) in [5.74, 6) is 0. The second-order valence-corrected chi connectivity index (χ2v) is 18.5. The van der Waals surface area contributed by atoms with Gasteiger partial charge in [-0.2, -0.15) is 0 Å². The van der Waals surface area contributed by atoms with Crippen LogP contribution in [0.4, 0.5) is 0 Å². The fraction of sp³-hybridized carbons (Fsp3) is 0.857. The van der Waals surface area contributed by atoms with Crippen molar-refractivity contribution in [3.8, 4) is 0 Å².